The highest BCUT2D eigenvalue weighted by Crippen LogP contribution is 2.38. The number of hydrogen-bond donors (Lipinski definition) is 4. The van der Waals surface area contributed by atoms with Crippen LogP contribution in [0.5, 0.6) is 0 Å². The van der Waals surface area contributed by atoms with E-state index in [1.54, 1.807) is 12.5 Å². The molecule has 0 radical (unpaired) electrons. The molecule has 2 aromatic heterocycles. The molecule has 5 N–H and O–H groups in total. The van der Waals surface area contributed by atoms with E-state index >= 15 is 0 Å². The molecule has 180 valence electrons. The Bertz CT molecular complexity index is 1110. The smallest absolute Gasteiger partial charge is 0.144 e. The molecule has 0 spiro atoms. The van der Waals surface area contributed by atoms with Crippen molar-refractivity contribution in [1.82, 2.24) is 25.2 Å². The quantitative estimate of drug-likeness (QED) is 0.231. The first-order chi connectivity index (χ1) is 16.7. The second kappa shape index (κ2) is 12.1. The third-order valence-corrected chi connectivity index (χ3v) is 6.96. The molecule has 1 saturated carbocycles. The number of nitrogens with one attached hydrogen (secondary N) is 3. The molecule has 1 aromatic carbocycles. The fourth-order valence-electron chi connectivity index (χ4n) is 4.82. The van der Waals surface area contributed by atoms with Gasteiger partial charge in [0, 0.05) is 35.6 Å². The molecule has 0 saturated heterocycles. The fraction of sp³-hybridized carbons (Fsp3) is 0.423. The normalized spacial score (nSPS) is 18.9. The summed E-state index contributed by atoms with van der Waals surface area (Å²) in [5, 5.41) is 15.7. The van der Waals surface area contributed by atoms with Crippen LogP contribution in [0, 0.1) is 11.3 Å². The highest BCUT2D eigenvalue weighted by Gasteiger charge is 2.28. The van der Waals surface area contributed by atoms with Crippen molar-refractivity contribution in [3.05, 3.63) is 65.2 Å². The lowest BCUT2D eigenvalue weighted by molar-refractivity contribution is 0.452. The van der Waals surface area contributed by atoms with Crippen LogP contribution in [0.3, 0.4) is 0 Å². The monoisotopic (exact) mass is 479 g/mol. The molecule has 7 nitrogen and oxygen atoms in total. The highest BCUT2D eigenvalue weighted by atomic mass is 35.5. The van der Waals surface area contributed by atoms with Gasteiger partial charge in [-0.15, -0.1) is 0 Å². The van der Waals surface area contributed by atoms with Crippen molar-refractivity contribution in [2.75, 3.05) is 26.2 Å². The molecular weight excluding hydrogens is 446 g/mol. The number of hydrogen-bond acceptors (Lipinski definition) is 6. The topological polar surface area (TPSA) is 105 Å². The van der Waals surface area contributed by atoms with Crippen molar-refractivity contribution in [2.45, 2.75) is 38.1 Å². The Labute approximate surface area is 206 Å². The number of nitrogens with zero attached hydrogens (tertiary/aromatic N) is 3. The van der Waals surface area contributed by atoms with Crippen LogP contribution < -0.4 is 16.4 Å². The molecule has 1 aliphatic rings. The summed E-state index contributed by atoms with van der Waals surface area (Å²) in [4.78, 5) is 8.69. The van der Waals surface area contributed by atoms with Crippen molar-refractivity contribution in [1.29, 1.82) is 5.41 Å². The van der Waals surface area contributed by atoms with Gasteiger partial charge < -0.3 is 26.3 Å². The van der Waals surface area contributed by atoms with E-state index < -0.39 is 0 Å². The number of nitrogens with two attached hydrogens (primary N) is 1. The third kappa shape index (κ3) is 6.03. The molecule has 1 fully saturated rings. The first-order valence-electron chi connectivity index (χ1n) is 12.1. The number of benzene rings is 1. The average Bonchev–Trinajstić information content (AvgIpc) is 3.50. The lowest BCUT2D eigenvalue weighted by Crippen LogP contribution is -2.26. The highest BCUT2D eigenvalue weighted by molar-refractivity contribution is 6.42. The van der Waals surface area contributed by atoms with Gasteiger partial charge in [-0.2, -0.15) is 0 Å². The molecule has 0 amide bonds. The Kier molecular flexibility index (Phi) is 8.68. The predicted molar refractivity (Wildman–Crippen MR) is 140 cm³/mol. The van der Waals surface area contributed by atoms with Crippen LogP contribution in [0.15, 0.2) is 54.1 Å². The van der Waals surface area contributed by atoms with Crippen LogP contribution in [0.4, 0.5) is 0 Å². The summed E-state index contributed by atoms with van der Waals surface area (Å²) in [5.74, 6) is 0.650. The van der Waals surface area contributed by atoms with E-state index in [0.717, 1.165) is 74.7 Å². The van der Waals surface area contributed by atoms with Crippen LogP contribution in [0.2, 0.25) is 0 Å². The first kappa shape index (κ1) is 24.4. The fourth-order valence-corrected chi connectivity index (χ4v) is 4.92. The van der Waals surface area contributed by atoms with Crippen LogP contribution >= 0.6 is 11.6 Å². The first-order valence-corrected chi connectivity index (χ1v) is 12.5. The number of allylic oxidation sites excluding steroid dienone is 1. The van der Waals surface area contributed by atoms with E-state index in [1.807, 2.05) is 6.20 Å². The molecule has 2 unspecified atom stereocenters. The van der Waals surface area contributed by atoms with Gasteiger partial charge in [0.05, 0.1) is 10.7 Å². The van der Waals surface area contributed by atoms with E-state index in [9.17, 15) is 0 Å². The van der Waals surface area contributed by atoms with Gasteiger partial charge in [0.25, 0.3) is 0 Å². The average molecular weight is 480 g/mol. The van der Waals surface area contributed by atoms with Crippen molar-refractivity contribution < 1.29 is 0 Å². The van der Waals surface area contributed by atoms with E-state index in [2.05, 4.69) is 55.5 Å². The SMILES string of the molecule is N=C/C(Cl)=C(\N)c1cn(C2CCC(CNCCCNCCc3ccccc3)C2)c2ncncc12. The molecule has 0 bridgehead atoms. The largest absolute Gasteiger partial charge is 0.397 e. The number of fused-ring (bicyclic) bond motifs is 1. The zero-order valence-electron chi connectivity index (χ0n) is 19.5. The summed E-state index contributed by atoms with van der Waals surface area (Å²) in [5.41, 5.74) is 9.67. The lowest BCUT2D eigenvalue weighted by atomic mass is 10.1. The maximum atomic E-state index is 7.42. The summed E-state index contributed by atoms with van der Waals surface area (Å²) in [6.45, 7) is 4.14. The van der Waals surface area contributed by atoms with Crippen LogP contribution in [0.25, 0.3) is 16.7 Å². The summed E-state index contributed by atoms with van der Waals surface area (Å²) in [6, 6.07) is 11.0. The van der Waals surface area contributed by atoms with Crippen LogP contribution in [0.1, 0.15) is 42.9 Å². The standard InChI is InChI=1S/C26H34ClN7/c27-24(14-28)25(29)23-17-34(26-22(23)16-32-18-33-26)21-8-7-20(13-21)15-31-11-4-10-30-12-9-19-5-2-1-3-6-19/h1-3,5-6,14,16-18,20-21,28,30-31H,4,7-13,15,29H2/b25-24+,28-14?. The van der Waals surface area contributed by atoms with E-state index in [-0.39, 0.29) is 5.03 Å². The maximum absolute atomic E-state index is 7.42. The summed E-state index contributed by atoms with van der Waals surface area (Å²) in [6.07, 6.45) is 12.1. The second-order valence-corrected chi connectivity index (χ2v) is 9.40. The van der Waals surface area contributed by atoms with Gasteiger partial charge in [-0.3, -0.25) is 0 Å². The number of rotatable bonds is 12. The van der Waals surface area contributed by atoms with Gasteiger partial charge >= 0.3 is 0 Å². The van der Waals surface area contributed by atoms with Crippen LogP contribution in [-0.4, -0.2) is 46.9 Å². The molecule has 0 aliphatic heterocycles. The molecule has 4 rings (SSSR count). The predicted octanol–water partition coefficient (Wildman–Crippen LogP) is 4.10. The molecule has 2 atom stereocenters. The lowest BCUT2D eigenvalue weighted by Gasteiger charge is -2.15. The van der Waals surface area contributed by atoms with Gasteiger partial charge in [-0.25, -0.2) is 9.97 Å². The Morgan fingerprint density at radius 3 is 2.82 bits per heavy atom. The van der Waals surface area contributed by atoms with Gasteiger partial charge in [0.15, 0.2) is 0 Å². The minimum absolute atomic E-state index is 0.228. The minimum Gasteiger partial charge on any atom is -0.397 e. The van der Waals surface area contributed by atoms with Gasteiger partial charge in [-0.1, -0.05) is 41.9 Å². The van der Waals surface area contributed by atoms with Crippen molar-refractivity contribution in [3.63, 3.8) is 0 Å². The number of aromatic nitrogens is 3. The van der Waals surface area contributed by atoms with Crippen molar-refractivity contribution in [3.8, 4) is 0 Å². The Balaban J connectivity index is 1.22. The van der Waals surface area contributed by atoms with E-state index in [1.165, 1.54) is 12.0 Å². The number of halogens is 1. The molecule has 34 heavy (non-hydrogen) atoms. The van der Waals surface area contributed by atoms with E-state index in [4.69, 9.17) is 22.7 Å². The zero-order chi connectivity index (χ0) is 23.8. The molecule has 3 aromatic rings. The summed E-state index contributed by atoms with van der Waals surface area (Å²) < 4.78 is 2.23. The molecule has 1 aliphatic carbocycles. The Hall–Kier alpha value is -2.74. The maximum Gasteiger partial charge on any atom is 0.144 e. The van der Waals surface area contributed by atoms with Gasteiger partial charge in [0.2, 0.25) is 0 Å². The van der Waals surface area contributed by atoms with Crippen molar-refractivity contribution in [2.24, 2.45) is 11.7 Å². The Morgan fingerprint density at radius 1 is 1.18 bits per heavy atom. The zero-order valence-corrected chi connectivity index (χ0v) is 20.3. The minimum atomic E-state index is 0.228. The summed E-state index contributed by atoms with van der Waals surface area (Å²) in [7, 11) is 0. The van der Waals surface area contributed by atoms with Gasteiger partial charge in [0.1, 0.15) is 12.0 Å². The van der Waals surface area contributed by atoms with Crippen LogP contribution in [-0.2, 0) is 6.42 Å². The van der Waals surface area contributed by atoms with Crippen molar-refractivity contribution >= 4 is 34.5 Å². The Morgan fingerprint density at radius 2 is 2.00 bits per heavy atom. The van der Waals surface area contributed by atoms with Gasteiger partial charge in [-0.05, 0) is 69.8 Å². The second-order valence-electron chi connectivity index (χ2n) is 8.99. The molecule has 8 heteroatoms. The third-order valence-electron chi connectivity index (χ3n) is 6.65. The summed E-state index contributed by atoms with van der Waals surface area (Å²) >= 11 is 6.13. The molecular formula is C26H34ClN7. The molecule has 2 heterocycles. The van der Waals surface area contributed by atoms with E-state index in [0.29, 0.717) is 17.7 Å².